The van der Waals surface area contributed by atoms with E-state index in [1.165, 1.54) is 0 Å². The van der Waals surface area contributed by atoms with Gasteiger partial charge in [-0.05, 0) is 26.3 Å². The highest BCUT2D eigenvalue weighted by atomic mass is 16.3. The Balaban J connectivity index is 1.94. The van der Waals surface area contributed by atoms with Gasteiger partial charge in [-0.1, -0.05) is 30.3 Å². The maximum absolute atomic E-state index is 12.9. The molecule has 0 spiro atoms. The van der Waals surface area contributed by atoms with Gasteiger partial charge in [-0.15, -0.1) is 0 Å². The molecule has 1 N–H and O–H groups in total. The second-order valence-electron chi connectivity index (χ2n) is 7.48. The van der Waals surface area contributed by atoms with Crippen LogP contribution in [0.15, 0.2) is 30.3 Å². The van der Waals surface area contributed by atoms with Gasteiger partial charge in [-0.3, -0.25) is 14.6 Å². The van der Waals surface area contributed by atoms with E-state index in [0.29, 0.717) is 13.1 Å². The molecule has 1 aromatic rings. The van der Waals surface area contributed by atoms with E-state index in [-0.39, 0.29) is 18.1 Å². The van der Waals surface area contributed by atoms with E-state index >= 15 is 0 Å². The van der Waals surface area contributed by atoms with E-state index in [1.54, 1.807) is 0 Å². The van der Waals surface area contributed by atoms with Gasteiger partial charge in [-0.2, -0.15) is 0 Å². The van der Waals surface area contributed by atoms with Crippen molar-refractivity contribution in [1.82, 2.24) is 14.7 Å². The molecule has 5 heteroatoms. The molecule has 5 nitrogen and oxygen atoms in total. The van der Waals surface area contributed by atoms with E-state index in [9.17, 15) is 4.79 Å². The van der Waals surface area contributed by atoms with Gasteiger partial charge < -0.3 is 10.0 Å². The molecule has 0 saturated carbocycles. The van der Waals surface area contributed by atoms with Crippen molar-refractivity contribution in [3.05, 3.63) is 35.9 Å². The number of hydrogen-bond donors (Lipinski definition) is 1. The van der Waals surface area contributed by atoms with E-state index in [1.807, 2.05) is 23.1 Å². The lowest BCUT2D eigenvalue weighted by molar-refractivity contribution is -0.138. The number of rotatable bonds is 6. The minimum atomic E-state index is -0.203. The van der Waals surface area contributed by atoms with Crippen LogP contribution in [0, 0.1) is 0 Å². The molecule has 1 saturated heterocycles. The van der Waals surface area contributed by atoms with Crippen LogP contribution in [0.1, 0.15) is 26.3 Å². The molecule has 1 aliphatic rings. The second kappa shape index (κ2) is 8.60. The number of aliphatic hydroxyl groups is 1. The number of nitrogens with zero attached hydrogens (tertiary/aromatic N) is 3. The summed E-state index contributed by atoms with van der Waals surface area (Å²) in [5.74, 6) is 0.182. The van der Waals surface area contributed by atoms with E-state index in [2.05, 4.69) is 42.7 Å². The average molecular weight is 333 g/mol. The highest BCUT2D eigenvalue weighted by Gasteiger charge is 2.28. The summed E-state index contributed by atoms with van der Waals surface area (Å²) in [5, 5.41) is 9.02. The Morgan fingerprint density at radius 1 is 1.08 bits per heavy atom. The number of amides is 1. The third kappa shape index (κ3) is 5.58. The molecule has 1 heterocycles. The zero-order chi connectivity index (χ0) is 17.6. The second-order valence-corrected chi connectivity index (χ2v) is 7.48. The van der Waals surface area contributed by atoms with Gasteiger partial charge in [0.15, 0.2) is 0 Å². The Morgan fingerprint density at radius 2 is 1.67 bits per heavy atom. The van der Waals surface area contributed by atoms with E-state index in [4.69, 9.17) is 5.11 Å². The molecule has 134 valence electrons. The van der Waals surface area contributed by atoms with Gasteiger partial charge in [0.1, 0.15) is 0 Å². The van der Waals surface area contributed by atoms with Crippen molar-refractivity contribution in [3.63, 3.8) is 0 Å². The molecule has 0 aliphatic carbocycles. The lowest BCUT2D eigenvalue weighted by Gasteiger charge is -2.39. The zero-order valence-corrected chi connectivity index (χ0v) is 15.2. The molecule has 1 amide bonds. The Bertz CT molecular complexity index is 505. The largest absolute Gasteiger partial charge is 0.395 e. The number of carbonyl (C=O) groups is 1. The molecular weight excluding hydrogens is 302 g/mol. The van der Waals surface area contributed by atoms with Gasteiger partial charge in [0.2, 0.25) is 5.91 Å². The van der Waals surface area contributed by atoms with Crippen LogP contribution in [0.2, 0.25) is 0 Å². The summed E-state index contributed by atoms with van der Waals surface area (Å²) in [6, 6.07) is 10.2. The minimum Gasteiger partial charge on any atom is -0.395 e. The van der Waals surface area contributed by atoms with Crippen LogP contribution < -0.4 is 0 Å². The normalized spacial score (nSPS) is 17.0. The number of aliphatic hydroxyl groups excluding tert-OH is 1. The van der Waals surface area contributed by atoms with E-state index < -0.39 is 0 Å². The summed E-state index contributed by atoms with van der Waals surface area (Å²) in [6.45, 7) is 11.9. The van der Waals surface area contributed by atoms with Gasteiger partial charge in [-0.25, -0.2) is 0 Å². The average Bonchev–Trinajstić information content (AvgIpc) is 2.54. The smallest absolute Gasteiger partial charge is 0.237 e. The minimum absolute atomic E-state index is 0.182. The van der Waals surface area contributed by atoms with Gasteiger partial charge in [0, 0.05) is 44.8 Å². The maximum Gasteiger partial charge on any atom is 0.237 e. The van der Waals surface area contributed by atoms with Crippen molar-refractivity contribution < 1.29 is 9.90 Å². The standard InChI is InChI=1S/C19H31N3O2/c1-19(2,3)22(15-17-7-5-4-6-8-17)18(24)16-21-11-9-20(10-12-21)13-14-23/h4-8,23H,9-16H2,1-3H3. The predicted molar refractivity (Wildman–Crippen MR) is 96.7 cm³/mol. The summed E-state index contributed by atoms with van der Waals surface area (Å²) in [5.41, 5.74) is 0.958. The van der Waals surface area contributed by atoms with Crippen molar-refractivity contribution in [2.75, 3.05) is 45.9 Å². The maximum atomic E-state index is 12.9. The van der Waals surface area contributed by atoms with Crippen LogP contribution in [0.3, 0.4) is 0 Å². The van der Waals surface area contributed by atoms with Crippen molar-refractivity contribution in [1.29, 1.82) is 0 Å². The first kappa shape index (κ1) is 18.9. The van der Waals surface area contributed by atoms with Crippen molar-refractivity contribution in [2.24, 2.45) is 0 Å². The summed E-state index contributed by atoms with van der Waals surface area (Å²) in [7, 11) is 0. The molecule has 0 aromatic heterocycles. The van der Waals surface area contributed by atoms with Crippen molar-refractivity contribution >= 4 is 5.91 Å². The van der Waals surface area contributed by atoms with Gasteiger partial charge in [0.05, 0.1) is 13.2 Å². The molecular formula is C19H31N3O2. The Morgan fingerprint density at radius 3 is 2.21 bits per heavy atom. The van der Waals surface area contributed by atoms with Crippen LogP contribution in [-0.2, 0) is 11.3 Å². The lowest BCUT2D eigenvalue weighted by atomic mass is 10.0. The number of piperazine rings is 1. The Labute approximate surface area is 145 Å². The molecule has 2 rings (SSSR count). The first-order chi connectivity index (χ1) is 11.4. The predicted octanol–water partition coefficient (Wildman–Crippen LogP) is 1.42. The van der Waals surface area contributed by atoms with Crippen LogP contribution in [0.5, 0.6) is 0 Å². The fourth-order valence-corrected chi connectivity index (χ4v) is 3.05. The molecule has 0 atom stereocenters. The third-order valence-electron chi connectivity index (χ3n) is 4.53. The molecule has 0 unspecified atom stereocenters. The van der Waals surface area contributed by atoms with Crippen LogP contribution in [0.25, 0.3) is 0 Å². The van der Waals surface area contributed by atoms with E-state index in [0.717, 1.165) is 38.3 Å². The summed E-state index contributed by atoms with van der Waals surface area (Å²) in [6.07, 6.45) is 0. The molecule has 0 radical (unpaired) electrons. The first-order valence-electron chi connectivity index (χ1n) is 8.80. The molecule has 1 aliphatic heterocycles. The van der Waals surface area contributed by atoms with Crippen LogP contribution in [0.4, 0.5) is 0 Å². The fourth-order valence-electron chi connectivity index (χ4n) is 3.05. The number of carbonyl (C=O) groups excluding carboxylic acids is 1. The summed E-state index contributed by atoms with van der Waals surface area (Å²) in [4.78, 5) is 19.3. The van der Waals surface area contributed by atoms with Crippen molar-refractivity contribution in [3.8, 4) is 0 Å². The van der Waals surface area contributed by atoms with Crippen LogP contribution >= 0.6 is 0 Å². The lowest BCUT2D eigenvalue weighted by Crippen LogP contribution is -2.53. The fraction of sp³-hybridized carbons (Fsp3) is 0.632. The number of benzene rings is 1. The summed E-state index contributed by atoms with van der Waals surface area (Å²) >= 11 is 0. The Kier molecular flexibility index (Phi) is 6.78. The highest BCUT2D eigenvalue weighted by molar-refractivity contribution is 5.79. The third-order valence-corrected chi connectivity index (χ3v) is 4.53. The topological polar surface area (TPSA) is 47.0 Å². The zero-order valence-electron chi connectivity index (χ0n) is 15.2. The van der Waals surface area contributed by atoms with Gasteiger partial charge in [0.25, 0.3) is 0 Å². The SMILES string of the molecule is CC(C)(C)N(Cc1ccccc1)C(=O)CN1CCN(CCO)CC1. The van der Waals surface area contributed by atoms with Gasteiger partial charge >= 0.3 is 0 Å². The first-order valence-corrected chi connectivity index (χ1v) is 8.80. The van der Waals surface area contributed by atoms with Crippen molar-refractivity contribution in [2.45, 2.75) is 32.9 Å². The highest BCUT2D eigenvalue weighted by Crippen LogP contribution is 2.18. The molecule has 24 heavy (non-hydrogen) atoms. The van der Waals surface area contributed by atoms with Crippen LogP contribution in [-0.4, -0.2) is 77.1 Å². The molecule has 1 fully saturated rings. The molecule has 1 aromatic carbocycles. The summed E-state index contributed by atoms with van der Waals surface area (Å²) < 4.78 is 0. The number of β-amino-alcohol motifs (C(OH)–C–C–N with tert-alkyl or cyclic N) is 1. The quantitative estimate of drug-likeness (QED) is 0.855. The number of hydrogen-bond acceptors (Lipinski definition) is 4. The Hall–Kier alpha value is -1.43. The monoisotopic (exact) mass is 333 g/mol. The molecule has 0 bridgehead atoms.